The zero-order valence-corrected chi connectivity index (χ0v) is 23.0. The molecule has 8 aromatic rings. The van der Waals surface area contributed by atoms with Gasteiger partial charge in [-0.15, -0.1) is 22.7 Å². The second-order valence-electron chi connectivity index (χ2n) is 10.0. The average molecular weight is 544 g/mol. The van der Waals surface area contributed by atoms with Crippen LogP contribution in [0, 0.1) is 11.3 Å². The Hall–Kier alpha value is -4.75. The molecule has 40 heavy (non-hydrogen) atoms. The largest absolute Gasteiger partial charge is 0.192 e. The van der Waals surface area contributed by atoms with Crippen LogP contribution >= 0.6 is 22.7 Å². The van der Waals surface area contributed by atoms with Crippen molar-refractivity contribution >= 4 is 63.0 Å². The van der Waals surface area contributed by atoms with E-state index in [1.54, 1.807) is 0 Å². The molecule has 2 aromatic heterocycles. The second-order valence-corrected chi connectivity index (χ2v) is 12.2. The van der Waals surface area contributed by atoms with Crippen molar-refractivity contribution in [3.05, 3.63) is 133 Å². The molecule has 0 saturated carbocycles. The minimum Gasteiger partial charge on any atom is -0.192 e. The van der Waals surface area contributed by atoms with E-state index in [1.165, 1.54) is 62.6 Å². The Morgan fingerprint density at radius 2 is 0.950 bits per heavy atom. The van der Waals surface area contributed by atoms with E-state index in [9.17, 15) is 5.26 Å². The molecule has 0 radical (unpaired) electrons. The van der Waals surface area contributed by atoms with Crippen LogP contribution < -0.4 is 0 Å². The van der Waals surface area contributed by atoms with Crippen molar-refractivity contribution < 1.29 is 0 Å². The maximum Gasteiger partial charge on any atom is 0.0991 e. The first-order chi connectivity index (χ1) is 19.8. The van der Waals surface area contributed by atoms with Crippen LogP contribution in [0.15, 0.2) is 127 Å². The molecule has 0 bridgehead atoms. The van der Waals surface area contributed by atoms with Crippen LogP contribution in [0.1, 0.15) is 5.56 Å². The van der Waals surface area contributed by atoms with Gasteiger partial charge in [-0.05, 0) is 81.9 Å². The van der Waals surface area contributed by atoms with Gasteiger partial charge in [0.15, 0.2) is 0 Å². The summed E-state index contributed by atoms with van der Waals surface area (Å²) >= 11 is 3.68. The molecule has 0 aliphatic carbocycles. The summed E-state index contributed by atoms with van der Waals surface area (Å²) in [5.41, 5.74) is 7.55. The molecule has 0 aliphatic heterocycles. The van der Waals surface area contributed by atoms with Crippen LogP contribution in [-0.4, -0.2) is 0 Å². The highest BCUT2D eigenvalue weighted by molar-refractivity contribution is 7.26. The van der Waals surface area contributed by atoms with Crippen LogP contribution in [0.25, 0.3) is 73.7 Å². The fourth-order valence-corrected chi connectivity index (χ4v) is 8.05. The number of rotatable bonds is 3. The highest BCUT2D eigenvalue weighted by Crippen LogP contribution is 2.44. The maximum absolute atomic E-state index is 9.72. The number of thiophene rings is 2. The lowest BCUT2D eigenvalue weighted by atomic mass is 9.86. The van der Waals surface area contributed by atoms with Crippen molar-refractivity contribution in [2.75, 3.05) is 0 Å². The molecule has 8 rings (SSSR count). The molecule has 2 heterocycles. The highest BCUT2D eigenvalue weighted by Gasteiger charge is 2.17. The van der Waals surface area contributed by atoms with E-state index in [4.69, 9.17) is 0 Å². The van der Waals surface area contributed by atoms with Gasteiger partial charge < -0.3 is 0 Å². The quantitative estimate of drug-likeness (QED) is 0.217. The Morgan fingerprint density at radius 1 is 0.425 bits per heavy atom. The molecule has 0 amide bonds. The van der Waals surface area contributed by atoms with E-state index in [0.29, 0.717) is 5.56 Å². The lowest BCUT2D eigenvalue weighted by Crippen LogP contribution is -1.91. The molecule has 1 nitrogen and oxygen atoms in total. The lowest BCUT2D eigenvalue weighted by molar-refractivity contribution is 1.48. The van der Waals surface area contributed by atoms with Crippen LogP contribution in [0.4, 0.5) is 0 Å². The molecule has 6 aromatic carbocycles. The first-order valence-corrected chi connectivity index (χ1v) is 14.9. The molecule has 0 unspecified atom stereocenters. The standard InChI is InChI=1S/C37H21NS2/c38-22-23-7-5-8-26(19-23)37-27(24-15-17-35-31(20-24)29-9-1-3-13-33(29)39-35)11-6-12-28(37)25-16-18-36-32(21-25)30-10-2-4-14-34(30)40-36/h1-21H. The number of benzene rings is 6. The predicted molar refractivity (Wildman–Crippen MR) is 173 cm³/mol. The summed E-state index contributed by atoms with van der Waals surface area (Å²) in [6.07, 6.45) is 0. The van der Waals surface area contributed by atoms with Crippen molar-refractivity contribution in [1.82, 2.24) is 0 Å². The molecule has 0 aliphatic rings. The number of fused-ring (bicyclic) bond motifs is 6. The fraction of sp³-hybridized carbons (Fsp3) is 0. The van der Waals surface area contributed by atoms with Gasteiger partial charge in [0.2, 0.25) is 0 Å². The van der Waals surface area contributed by atoms with Crippen LogP contribution in [0.3, 0.4) is 0 Å². The molecule has 0 N–H and O–H groups in total. The summed E-state index contributed by atoms with van der Waals surface area (Å²) in [6, 6.07) is 47.8. The molecule has 0 saturated heterocycles. The third kappa shape index (κ3) is 3.66. The van der Waals surface area contributed by atoms with E-state index in [-0.39, 0.29) is 0 Å². The van der Waals surface area contributed by atoms with Crippen molar-refractivity contribution in [2.45, 2.75) is 0 Å². The van der Waals surface area contributed by atoms with Crippen LogP contribution in [0.5, 0.6) is 0 Å². The molecule has 186 valence electrons. The molecular formula is C37H21NS2. The predicted octanol–water partition coefficient (Wildman–Crippen LogP) is 11.3. The number of hydrogen-bond acceptors (Lipinski definition) is 3. The Balaban J connectivity index is 1.41. The number of nitrogens with zero attached hydrogens (tertiary/aromatic N) is 1. The molecule has 3 heteroatoms. The van der Waals surface area contributed by atoms with Crippen LogP contribution in [0.2, 0.25) is 0 Å². The monoisotopic (exact) mass is 543 g/mol. The Kier molecular flexibility index (Phi) is 5.31. The van der Waals surface area contributed by atoms with E-state index >= 15 is 0 Å². The van der Waals surface area contributed by atoms with Gasteiger partial charge in [0.1, 0.15) is 0 Å². The summed E-state index contributed by atoms with van der Waals surface area (Å²) in [6.45, 7) is 0. The first kappa shape index (κ1) is 23.2. The molecule has 0 spiro atoms. The first-order valence-electron chi connectivity index (χ1n) is 13.2. The zero-order valence-electron chi connectivity index (χ0n) is 21.4. The summed E-state index contributed by atoms with van der Waals surface area (Å²) in [5.74, 6) is 0. The van der Waals surface area contributed by atoms with Gasteiger partial charge in [-0.2, -0.15) is 5.26 Å². The minimum absolute atomic E-state index is 0.664. The maximum atomic E-state index is 9.72. The molecule has 0 atom stereocenters. The fourth-order valence-electron chi connectivity index (χ4n) is 5.88. The van der Waals surface area contributed by atoms with E-state index < -0.39 is 0 Å². The second kappa shape index (κ2) is 9.17. The van der Waals surface area contributed by atoms with Crippen molar-refractivity contribution in [2.24, 2.45) is 0 Å². The highest BCUT2D eigenvalue weighted by atomic mass is 32.1. The van der Waals surface area contributed by atoms with Crippen molar-refractivity contribution in [3.8, 4) is 39.4 Å². The van der Waals surface area contributed by atoms with Crippen molar-refractivity contribution in [3.63, 3.8) is 0 Å². The SMILES string of the molecule is N#Cc1cccc(-c2c(-c3ccc4sc5ccccc5c4c3)cccc2-c2ccc3sc4ccccc4c3c2)c1. The van der Waals surface area contributed by atoms with E-state index in [0.717, 1.165) is 11.1 Å². The topological polar surface area (TPSA) is 23.8 Å². The average Bonchev–Trinajstić information content (AvgIpc) is 3.58. The molecule has 0 fully saturated rings. The Bertz CT molecular complexity index is 2160. The number of hydrogen-bond donors (Lipinski definition) is 0. The van der Waals surface area contributed by atoms with Gasteiger partial charge in [-0.1, -0.05) is 78.9 Å². The summed E-state index contributed by atoms with van der Waals surface area (Å²) in [5, 5.41) is 14.9. The summed E-state index contributed by atoms with van der Waals surface area (Å²) in [7, 11) is 0. The van der Waals surface area contributed by atoms with Gasteiger partial charge in [-0.3, -0.25) is 0 Å². The minimum atomic E-state index is 0.664. The van der Waals surface area contributed by atoms with Gasteiger partial charge >= 0.3 is 0 Å². The van der Waals surface area contributed by atoms with Gasteiger partial charge in [0.05, 0.1) is 11.6 Å². The third-order valence-electron chi connectivity index (χ3n) is 7.72. The lowest BCUT2D eigenvalue weighted by Gasteiger charge is -2.17. The van der Waals surface area contributed by atoms with Gasteiger partial charge in [0.25, 0.3) is 0 Å². The Labute approximate surface area is 239 Å². The molecular weight excluding hydrogens is 523 g/mol. The summed E-state index contributed by atoms with van der Waals surface area (Å²) in [4.78, 5) is 0. The smallest absolute Gasteiger partial charge is 0.0991 e. The summed E-state index contributed by atoms with van der Waals surface area (Å²) < 4.78 is 5.20. The van der Waals surface area contributed by atoms with Gasteiger partial charge in [-0.25, -0.2) is 0 Å². The van der Waals surface area contributed by atoms with Gasteiger partial charge in [0, 0.05) is 40.3 Å². The third-order valence-corrected chi connectivity index (χ3v) is 10.0. The Morgan fingerprint density at radius 3 is 1.52 bits per heavy atom. The normalized spacial score (nSPS) is 11.5. The van der Waals surface area contributed by atoms with Crippen LogP contribution in [-0.2, 0) is 0 Å². The number of nitriles is 1. The zero-order chi connectivity index (χ0) is 26.6. The van der Waals surface area contributed by atoms with Crippen molar-refractivity contribution in [1.29, 1.82) is 5.26 Å². The van der Waals surface area contributed by atoms with E-state index in [2.05, 4.69) is 115 Å². The van der Waals surface area contributed by atoms with E-state index in [1.807, 2.05) is 40.9 Å².